The lowest BCUT2D eigenvalue weighted by Crippen LogP contribution is -2.46. The number of ether oxygens (including phenoxy) is 1. The highest BCUT2D eigenvalue weighted by molar-refractivity contribution is 5.62. The molecule has 0 aromatic carbocycles. The third kappa shape index (κ3) is 2.56. The normalized spacial score (nSPS) is 23.7. The number of nitro groups is 1. The molecule has 1 aliphatic heterocycles. The number of aryl methyl sites for hydroxylation is 2. The van der Waals surface area contributed by atoms with E-state index in [-0.39, 0.29) is 22.8 Å². The summed E-state index contributed by atoms with van der Waals surface area (Å²) in [5.41, 5.74) is 0.667. The Morgan fingerprint density at radius 2 is 2.00 bits per heavy atom. The van der Waals surface area contributed by atoms with Crippen molar-refractivity contribution in [3.05, 3.63) is 15.8 Å². The summed E-state index contributed by atoms with van der Waals surface area (Å²) >= 11 is 0. The van der Waals surface area contributed by atoms with E-state index >= 15 is 0 Å². The van der Waals surface area contributed by atoms with E-state index in [1.54, 1.807) is 11.7 Å². The lowest BCUT2D eigenvalue weighted by molar-refractivity contribution is -0.384. The third-order valence-corrected chi connectivity index (χ3v) is 3.30. The van der Waals surface area contributed by atoms with Crippen LogP contribution in [0.15, 0.2) is 0 Å². The Balaban J connectivity index is 2.43. The van der Waals surface area contributed by atoms with Gasteiger partial charge in [0.25, 0.3) is 0 Å². The van der Waals surface area contributed by atoms with Crippen molar-refractivity contribution in [2.75, 3.05) is 18.0 Å². The second-order valence-corrected chi connectivity index (χ2v) is 5.02. The molecule has 0 amide bonds. The zero-order chi connectivity index (χ0) is 14.2. The van der Waals surface area contributed by atoms with Crippen molar-refractivity contribution in [2.45, 2.75) is 39.4 Å². The summed E-state index contributed by atoms with van der Waals surface area (Å²) in [4.78, 5) is 13.0. The first-order chi connectivity index (χ1) is 8.93. The van der Waals surface area contributed by atoms with Gasteiger partial charge < -0.3 is 9.64 Å². The molecule has 19 heavy (non-hydrogen) atoms. The van der Waals surface area contributed by atoms with E-state index in [1.165, 1.54) is 0 Å². The number of aromatic nitrogens is 2. The van der Waals surface area contributed by atoms with Gasteiger partial charge in [0.05, 0.1) is 17.1 Å². The van der Waals surface area contributed by atoms with Gasteiger partial charge in [0, 0.05) is 20.1 Å². The van der Waals surface area contributed by atoms with E-state index in [0.29, 0.717) is 31.0 Å². The monoisotopic (exact) mass is 268 g/mol. The quantitative estimate of drug-likeness (QED) is 0.613. The number of morpholine rings is 1. The maximum Gasteiger partial charge on any atom is 0.334 e. The van der Waals surface area contributed by atoms with Gasteiger partial charge in [-0.15, -0.1) is 0 Å². The zero-order valence-electron chi connectivity index (χ0n) is 11.8. The van der Waals surface area contributed by atoms with Crippen molar-refractivity contribution >= 4 is 11.5 Å². The molecule has 0 radical (unpaired) electrons. The van der Waals surface area contributed by atoms with E-state index in [1.807, 2.05) is 25.7 Å². The summed E-state index contributed by atoms with van der Waals surface area (Å²) < 4.78 is 7.28. The number of rotatable bonds is 3. The summed E-state index contributed by atoms with van der Waals surface area (Å²) in [6, 6.07) is 0. The molecule has 2 unspecified atom stereocenters. The average molecular weight is 268 g/mol. The lowest BCUT2D eigenvalue weighted by atomic mass is 10.2. The fraction of sp³-hybridized carbons (Fsp3) is 0.750. The van der Waals surface area contributed by atoms with Crippen molar-refractivity contribution in [1.82, 2.24) is 9.78 Å². The molecule has 1 aromatic rings. The van der Waals surface area contributed by atoms with Gasteiger partial charge in [0.1, 0.15) is 5.69 Å². The molecule has 0 aliphatic carbocycles. The van der Waals surface area contributed by atoms with Crippen molar-refractivity contribution in [1.29, 1.82) is 0 Å². The summed E-state index contributed by atoms with van der Waals surface area (Å²) in [6.45, 7) is 7.13. The van der Waals surface area contributed by atoms with E-state index < -0.39 is 0 Å². The van der Waals surface area contributed by atoms with Crippen LogP contribution < -0.4 is 4.90 Å². The SMILES string of the molecule is CCc1nn(C)c(N2CC(C)OC(C)C2)c1[N+](=O)[O-]. The highest BCUT2D eigenvalue weighted by Crippen LogP contribution is 2.33. The van der Waals surface area contributed by atoms with Gasteiger partial charge >= 0.3 is 5.69 Å². The second-order valence-electron chi connectivity index (χ2n) is 5.02. The molecule has 1 aromatic heterocycles. The molecular formula is C12H20N4O3. The van der Waals surface area contributed by atoms with Gasteiger partial charge in [-0.05, 0) is 20.3 Å². The van der Waals surface area contributed by atoms with E-state index in [9.17, 15) is 10.1 Å². The van der Waals surface area contributed by atoms with Gasteiger partial charge in [0.2, 0.25) is 5.82 Å². The van der Waals surface area contributed by atoms with Gasteiger partial charge in [-0.3, -0.25) is 10.1 Å². The summed E-state index contributed by atoms with van der Waals surface area (Å²) in [6.07, 6.45) is 0.672. The molecule has 0 spiro atoms. The molecule has 1 aliphatic rings. The molecule has 2 heterocycles. The van der Waals surface area contributed by atoms with E-state index in [4.69, 9.17) is 4.74 Å². The van der Waals surface area contributed by atoms with Crippen LogP contribution in [-0.4, -0.2) is 40.0 Å². The molecule has 0 bridgehead atoms. The Morgan fingerprint density at radius 3 is 2.47 bits per heavy atom. The Kier molecular flexibility index (Phi) is 3.75. The predicted octanol–water partition coefficient (Wildman–Crippen LogP) is 1.50. The topological polar surface area (TPSA) is 73.4 Å². The van der Waals surface area contributed by atoms with Crippen LogP contribution in [0.4, 0.5) is 11.5 Å². The Labute approximate surface area is 112 Å². The minimum absolute atomic E-state index is 0.0586. The highest BCUT2D eigenvalue weighted by atomic mass is 16.6. The predicted molar refractivity (Wildman–Crippen MR) is 71.5 cm³/mol. The first-order valence-corrected chi connectivity index (χ1v) is 6.54. The highest BCUT2D eigenvalue weighted by Gasteiger charge is 2.33. The van der Waals surface area contributed by atoms with Gasteiger partial charge in [0.15, 0.2) is 0 Å². The molecule has 1 fully saturated rings. The molecule has 7 heteroatoms. The second kappa shape index (κ2) is 5.16. The fourth-order valence-corrected chi connectivity index (χ4v) is 2.69. The van der Waals surface area contributed by atoms with Crippen LogP contribution in [0.3, 0.4) is 0 Å². The summed E-state index contributed by atoms with van der Waals surface area (Å²) in [5, 5.41) is 15.6. The van der Waals surface area contributed by atoms with Crippen LogP contribution in [0, 0.1) is 10.1 Å². The minimum atomic E-state index is -0.327. The van der Waals surface area contributed by atoms with Gasteiger partial charge in [-0.1, -0.05) is 6.92 Å². The molecule has 1 saturated heterocycles. The minimum Gasteiger partial charge on any atom is -0.372 e. The Morgan fingerprint density at radius 1 is 1.42 bits per heavy atom. The van der Waals surface area contributed by atoms with Crippen LogP contribution in [0.5, 0.6) is 0 Å². The molecule has 0 N–H and O–H groups in total. The molecule has 2 atom stereocenters. The van der Waals surface area contributed by atoms with Crippen LogP contribution in [0.1, 0.15) is 26.5 Å². The largest absolute Gasteiger partial charge is 0.372 e. The van der Waals surface area contributed by atoms with Crippen molar-refractivity contribution in [2.24, 2.45) is 7.05 Å². The maximum absolute atomic E-state index is 11.3. The van der Waals surface area contributed by atoms with Crippen molar-refractivity contribution in [3.63, 3.8) is 0 Å². The van der Waals surface area contributed by atoms with Crippen molar-refractivity contribution in [3.8, 4) is 0 Å². The molecular weight excluding hydrogens is 248 g/mol. The smallest absolute Gasteiger partial charge is 0.334 e. The average Bonchev–Trinajstić information content (AvgIpc) is 2.64. The lowest BCUT2D eigenvalue weighted by Gasteiger charge is -2.35. The first-order valence-electron chi connectivity index (χ1n) is 6.54. The summed E-state index contributed by atoms with van der Waals surface area (Å²) in [7, 11) is 1.76. The number of anilines is 1. The first kappa shape index (κ1) is 13.8. The van der Waals surface area contributed by atoms with Crippen LogP contribution in [-0.2, 0) is 18.2 Å². The van der Waals surface area contributed by atoms with Gasteiger partial charge in [-0.25, -0.2) is 4.68 Å². The third-order valence-electron chi connectivity index (χ3n) is 3.30. The van der Waals surface area contributed by atoms with Crippen LogP contribution >= 0.6 is 0 Å². The molecule has 0 saturated carbocycles. The van der Waals surface area contributed by atoms with Gasteiger partial charge in [-0.2, -0.15) is 5.10 Å². The van der Waals surface area contributed by atoms with E-state index in [2.05, 4.69) is 5.10 Å². The molecule has 106 valence electrons. The number of nitrogens with zero attached hydrogens (tertiary/aromatic N) is 4. The fourth-order valence-electron chi connectivity index (χ4n) is 2.69. The van der Waals surface area contributed by atoms with Crippen molar-refractivity contribution < 1.29 is 9.66 Å². The molecule has 7 nitrogen and oxygen atoms in total. The van der Waals surface area contributed by atoms with Crippen LogP contribution in [0.2, 0.25) is 0 Å². The number of hydrogen-bond acceptors (Lipinski definition) is 5. The standard InChI is InChI=1S/C12H20N4O3/c1-5-10-11(16(17)18)12(14(4)13-10)15-6-8(2)19-9(3)7-15/h8-9H,5-7H2,1-4H3. The maximum atomic E-state index is 11.3. The zero-order valence-corrected chi connectivity index (χ0v) is 11.8. The Bertz CT molecular complexity index is 476. The molecule has 2 rings (SSSR count). The summed E-state index contributed by atoms with van der Waals surface area (Å²) in [5.74, 6) is 0.587. The Hall–Kier alpha value is -1.63. The number of hydrogen-bond donors (Lipinski definition) is 0. The van der Waals surface area contributed by atoms with E-state index in [0.717, 1.165) is 0 Å². The van der Waals surface area contributed by atoms with Crippen LogP contribution in [0.25, 0.3) is 0 Å².